The third-order valence-corrected chi connectivity index (χ3v) is 3.32. The normalized spacial score (nSPS) is 34.6. The maximum atomic E-state index is 9.65. The highest BCUT2D eigenvalue weighted by Gasteiger charge is 2.44. The maximum Gasteiger partial charge on any atom is 0.163 e. The van der Waals surface area contributed by atoms with Crippen molar-refractivity contribution in [2.24, 2.45) is 5.92 Å². The molecule has 0 saturated carbocycles. The van der Waals surface area contributed by atoms with Crippen LogP contribution in [0.3, 0.4) is 0 Å². The third-order valence-electron chi connectivity index (χ3n) is 3.32. The van der Waals surface area contributed by atoms with Gasteiger partial charge >= 0.3 is 0 Å². The highest BCUT2D eigenvalue weighted by atomic mass is 16.7. The number of furan rings is 1. The van der Waals surface area contributed by atoms with Gasteiger partial charge in [0, 0.05) is 12.3 Å². The number of hydrogen-bond acceptors (Lipinski definition) is 5. The van der Waals surface area contributed by atoms with E-state index in [-0.39, 0.29) is 18.3 Å². The molecular formula is C12H16O5. The summed E-state index contributed by atoms with van der Waals surface area (Å²) >= 11 is 0. The molecule has 0 radical (unpaired) electrons. The summed E-state index contributed by atoms with van der Waals surface area (Å²) in [4.78, 5) is 0. The van der Waals surface area contributed by atoms with Crippen LogP contribution in [-0.4, -0.2) is 30.9 Å². The summed E-state index contributed by atoms with van der Waals surface area (Å²) in [6.45, 7) is 3.16. The topological polar surface area (TPSA) is 61.1 Å². The molecule has 2 saturated heterocycles. The zero-order valence-corrected chi connectivity index (χ0v) is 9.67. The Labute approximate surface area is 99.3 Å². The molecule has 0 amide bonds. The molecule has 1 aromatic rings. The predicted octanol–water partition coefficient (Wildman–Crippen LogP) is 1.36. The Bertz CT molecular complexity index is 382. The van der Waals surface area contributed by atoms with Gasteiger partial charge in [-0.2, -0.15) is 0 Å². The minimum Gasteiger partial charge on any atom is -0.466 e. The minimum atomic E-state index is -0.776. The van der Waals surface area contributed by atoms with Crippen molar-refractivity contribution in [2.75, 3.05) is 13.2 Å². The Kier molecular flexibility index (Phi) is 2.92. The van der Waals surface area contributed by atoms with E-state index in [4.69, 9.17) is 18.6 Å². The molecule has 1 N–H and O–H groups in total. The highest BCUT2D eigenvalue weighted by Crippen LogP contribution is 2.42. The summed E-state index contributed by atoms with van der Waals surface area (Å²) in [5.74, 6) is 0.739. The van der Waals surface area contributed by atoms with E-state index < -0.39 is 6.29 Å². The van der Waals surface area contributed by atoms with Gasteiger partial charge in [0.1, 0.15) is 11.9 Å². The van der Waals surface area contributed by atoms with Gasteiger partial charge in [-0.05, 0) is 18.6 Å². The van der Waals surface area contributed by atoms with Gasteiger partial charge in [-0.15, -0.1) is 0 Å². The van der Waals surface area contributed by atoms with Crippen molar-refractivity contribution >= 4 is 0 Å². The van der Waals surface area contributed by atoms with Crippen LogP contribution in [0.1, 0.15) is 23.8 Å². The monoisotopic (exact) mass is 240 g/mol. The molecule has 3 heterocycles. The van der Waals surface area contributed by atoms with Gasteiger partial charge in [0.25, 0.3) is 0 Å². The predicted molar refractivity (Wildman–Crippen MR) is 57.1 cm³/mol. The van der Waals surface area contributed by atoms with E-state index >= 15 is 0 Å². The molecule has 0 unspecified atom stereocenters. The Hall–Kier alpha value is -0.880. The van der Waals surface area contributed by atoms with Gasteiger partial charge in [0.2, 0.25) is 0 Å². The van der Waals surface area contributed by atoms with Gasteiger partial charge in [0.15, 0.2) is 12.6 Å². The average molecular weight is 240 g/mol. The largest absolute Gasteiger partial charge is 0.466 e. The number of ether oxygens (including phenoxy) is 3. The van der Waals surface area contributed by atoms with Crippen LogP contribution in [0, 0.1) is 12.8 Å². The summed E-state index contributed by atoms with van der Waals surface area (Å²) in [7, 11) is 0. The number of rotatable bonds is 2. The van der Waals surface area contributed by atoms with E-state index in [0.29, 0.717) is 19.6 Å². The number of aryl methyl sites for hydroxylation is 1. The highest BCUT2D eigenvalue weighted by molar-refractivity contribution is 5.18. The van der Waals surface area contributed by atoms with Crippen LogP contribution in [-0.2, 0) is 14.2 Å². The standard InChI is InChI=1S/C12H16O5/c1-7-2-3-14-10(7)11-8(6-9(13)17-11)12-15-4-5-16-12/h2-3,8-9,11-13H,4-6H2,1H3/t8-,9-,11-/m0/s1. The summed E-state index contributed by atoms with van der Waals surface area (Å²) in [5.41, 5.74) is 1.02. The quantitative estimate of drug-likeness (QED) is 0.845. The van der Waals surface area contributed by atoms with Crippen molar-refractivity contribution in [1.82, 2.24) is 0 Å². The van der Waals surface area contributed by atoms with Gasteiger partial charge in [0.05, 0.1) is 19.5 Å². The summed E-state index contributed by atoms with van der Waals surface area (Å²) in [5, 5.41) is 9.65. The molecule has 2 aliphatic rings. The summed E-state index contributed by atoms with van der Waals surface area (Å²) in [6, 6.07) is 1.89. The molecule has 1 aromatic heterocycles. The Balaban J connectivity index is 1.84. The second kappa shape index (κ2) is 4.42. The van der Waals surface area contributed by atoms with Crippen LogP contribution in [0.4, 0.5) is 0 Å². The van der Waals surface area contributed by atoms with Crippen LogP contribution in [0.25, 0.3) is 0 Å². The average Bonchev–Trinajstić information content (AvgIpc) is 2.97. The molecule has 0 bridgehead atoms. The zero-order chi connectivity index (χ0) is 11.8. The third kappa shape index (κ3) is 1.99. The van der Waals surface area contributed by atoms with E-state index in [1.165, 1.54) is 0 Å². The first-order chi connectivity index (χ1) is 8.25. The van der Waals surface area contributed by atoms with Crippen molar-refractivity contribution < 1.29 is 23.7 Å². The SMILES string of the molecule is Cc1ccoc1[C@H]1O[C@H](O)C[C@@H]1C1OCCO1. The Morgan fingerprint density at radius 2 is 2.06 bits per heavy atom. The van der Waals surface area contributed by atoms with Gasteiger partial charge in [-0.1, -0.05) is 0 Å². The van der Waals surface area contributed by atoms with E-state index in [9.17, 15) is 5.11 Å². The van der Waals surface area contributed by atoms with Crippen molar-refractivity contribution in [3.05, 3.63) is 23.7 Å². The smallest absolute Gasteiger partial charge is 0.163 e. The van der Waals surface area contributed by atoms with Gasteiger partial charge in [-0.25, -0.2) is 0 Å². The molecule has 3 atom stereocenters. The first kappa shape index (κ1) is 11.2. The van der Waals surface area contributed by atoms with E-state index in [1.807, 2.05) is 13.0 Å². The molecule has 5 heteroatoms. The molecule has 2 aliphatic heterocycles. The minimum absolute atomic E-state index is 0.0163. The first-order valence-corrected chi connectivity index (χ1v) is 5.86. The lowest BCUT2D eigenvalue weighted by molar-refractivity contribution is -0.123. The fourth-order valence-electron chi connectivity index (χ4n) is 2.49. The van der Waals surface area contributed by atoms with Gasteiger partial charge in [-0.3, -0.25) is 0 Å². The Morgan fingerprint density at radius 1 is 1.29 bits per heavy atom. The molecule has 3 rings (SSSR count). The van der Waals surface area contributed by atoms with Crippen molar-refractivity contribution in [3.8, 4) is 0 Å². The van der Waals surface area contributed by atoms with Crippen LogP contribution < -0.4 is 0 Å². The lowest BCUT2D eigenvalue weighted by atomic mass is 9.97. The molecule has 94 valence electrons. The van der Waals surface area contributed by atoms with Gasteiger partial charge < -0.3 is 23.7 Å². The van der Waals surface area contributed by atoms with Crippen LogP contribution >= 0.6 is 0 Å². The second-order valence-corrected chi connectivity index (χ2v) is 4.49. The molecule has 0 spiro atoms. The van der Waals surface area contributed by atoms with Crippen LogP contribution in [0.5, 0.6) is 0 Å². The summed E-state index contributed by atoms with van der Waals surface area (Å²) < 4.78 is 21.9. The lowest BCUT2D eigenvalue weighted by Gasteiger charge is -2.21. The molecule has 2 fully saturated rings. The molecule has 0 aliphatic carbocycles. The van der Waals surface area contributed by atoms with E-state index in [0.717, 1.165) is 11.3 Å². The number of aliphatic hydroxyl groups is 1. The van der Waals surface area contributed by atoms with Crippen molar-refractivity contribution in [2.45, 2.75) is 32.0 Å². The zero-order valence-electron chi connectivity index (χ0n) is 9.67. The molecule has 0 aromatic carbocycles. The molecule has 17 heavy (non-hydrogen) atoms. The Morgan fingerprint density at radius 3 is 2.71 bits per heavy atom. The second-order valence-electron chi connectivity index (χ2n) is 4.49. The van der Waals surface area contributed by atoms with Crippen molar-refractivity contribution in [1.29, 1.82) is 0 Å². The van der Waals surface area contributed by atoms with E-state index in [1.54, 1.807) is 6.26 Å². The number of aliphatic hydroxyl groups excluding tert-OH is 1. The fraction of sp³-hybridized carbons (Fsp3) is 0.667. The van der Waals surface area contributed by atoms with Crippen LogP contribution in [0.15, 0.2) is 16.7 Å². The lowest BCUT2D eigenvalue weighted by Crippen LogP contribution is -2.24. The van der Waals surface area contributed by atoms with Crippen molar-refractivity contribution in [3.63, 3.8) is 0 Å². The first-order valence-electron chi connectivity index (χ1n) is 5.86. The molecular weight excluding hydrogens is 224 g/mol. The maximum absolute atomic E-state index is 9.65. The van der Waals surface area contributed by atoms with E-state index in [2.05, 4.69) is 0 Å². The number of hydrogen-bond donors (Lipinski definition) is 1. The summed E-state index contributed by atoms with van der Waals surface area (Å²) in [6.07, 6.45) is 0.772. The van der Waals surface area contributed by atoms with Crippen LogP contribution in [0.2, 0.25) is 0 Å². The molecule has 5 nitrogen and oxygen atoms in total. The fourth-order valence-corrected chi connectivity index (χ4v) is 2.49.